The second-order valence-corrected chi connectivity index (χ2v) is 5.40. The predicted molar refractivity (Wildman–Crippen MR) is 89.7 cm³/mol. The van der Waals surface area contributed by atoms with Crippen LogP contribution in [0.1, 0.15) is 52.0 Å². The molecule has 21 heavy (non-hydrogen) atoms. The molecule has 0 aliphatic rings. The van der Waals surface area contributed by atoms with Crippen LogP contribution in [0.2, 0.25) is 0 Å². The number of unbranched alkanes of at least 4 members (excludes halogenated alkanes) is 2. The Hall–Kier alpha value is -1.71. The quantitative estimate of drug-likeness (QED) is 0.391. The number of nitrogens with one attached hydrogen (secondary N) is 2. The number of phenolic OH excluding ortho intramolecular Hbond substituents is 1. The van der Waals surface area contributed by atoms with Crippen molar-refractivity contribution in [1.29, 1.82) is 0 Å². The molecule has 0 spiro atoms. The summed E-state index contributed by atoms with van der Waals surface area (Å²) in [4.78, 5) is 4.59. The smallest absolute Gasteiger partial charge is 0.191 e. The van der Waals surface area contributed by atoms with Crippen LogP contribution >= 0.6 is 0 Å². The maximum Gasteiger partial charge on any atom is 0.191 e. The fraction of sp³-hybridized carbons (Fsp3) is 0.588. The Bertz CT molecular complexity index is 415. The van der Waals surface area contributed by atoms with Crippen LogP contribution in [-0.2, 0) is 6.54 Å². The Balaban J connectivity index is 2.50. The summed E-state index contributed by atoms with van der Waals surface area (Å²) in [5.74, 6) is 1.15. The van der Waals surface area contributed by atoms with Gasteiger partial charge in [-0.2, -0.15) is 0 Å². The molecule has 1 aromatic carbocycles. The van der Waals surface area contributed by atoms with Crippen LogP contribution in [0.25, 0.3) is 0 Å². The molecule has 4 nitrogen and oxygen atoms in total. The Morgan fingerprint density at radius 2 is 1.90 bits per heavy atom. The van der Waals surface area contributed by atoms with Crippen LogP contribution < -0.4 is 10.6 Å². The van der Waals surface area contributed by atoms with Crippen molar-refractivity contribution < 1.29 is 5.11 Å². The van der Waals surface area contributed by atoms with E-state index in [9.17, 15) is 5.11 Å². The number of nitrogens with zero attached hydrogens (tertiary/aromatic N) is 1. The monoisotopic (exact) mass is 291 g/mol. The summed E-state index contributed by atoms with van der Waals surface area (Å²) >= 11 is 0. The third kappa shape index (κ3) is 7.59. The highest BCUT2D eigenvalue weighted by atomic mass is 16.3. The largest absolute Gasteiger partial charge is 0.508 e. The Kier molecular flexibility index (Phi) is 8.32. The number of rotatable bonds is 8. The highest BCUT2D eigenvalue weighted by Crippen LogP contribution is 2.10. The normalized spacial score (nSPS) is 13.0. The van der Waals surface area contributed by atoms with Gasteiger partial charge in [0.05, 0.1) is 6.54 Å². The number of hydrogen-bond acceptors (Lipinski definition) is 2. The second-order valence-electron chi connectivity index (χ2n) is 5.40. The van der Waals surface area contributed by atoms with Crippen LogP contribution in [0.5, 0.6) is 5.75 Å². The standard InChI is InChI=1S/C17H29N3O/c1-4-6-7-8-14(3)20-17(18-5-2)19-13-15-9-11-16(21)12-10-15/h9-12,14,21H,4-8,13H2,1-3H3,(H2,18,19,20). The van der Waals surface area contributed by atoms with Gasteiger partial charge in [0.25, 0.3) is 0 Å². The van der Waals surface area contributed by atoms with Gasteiger partial charge in [-0.05, 0) is 38.0 Å². The average Bonchev–Trinajstić information content (AvgIpc) is 2.47. The molecule has 0 aromatic heterocycles. The van der Waals surface area contributed by atoms with Crippen LogP contribution in [0.3, 0.4) is 0 Å². The van der Waals surface area contributed by atoms with E-state index in [0.29, 0.717) is 12.6 Å². The van der Waals surface area contributed by atoms with Crippen LogP contribution in [0.4, 0.5) is 0 Å². The summed E-state index contributed by atoms with van der Waals surface area (Å²) < 4.78 is 0. The van der Waals surface area contributed by atoms with Crippen molar-refractivity contribution in [1.82, 2.24) is 10.6 Å². The van der Waals surface area contributed by atoms with Gasteiger partial charge >= 0.3 is 0 Å². The highest BCUT2D eigenvalue weighted by molar-refractivity contribution is 5.80. The molecule has 118 valence electrons. The van der Waals surface area contributed by atoms with Gasteiger partial charge < -0.3 is 15.7 Å². The molecule has 1 aromatic rings. The van der Waals surface area contributed by atoms with Crippen molar-refractivity contribution in [2.24, 2.45) is 4.99 Å². The zero-order valence-corrected chi connectivity index (χ0v) is 13.5. The summed E-state index contributed by atoms with van der Waals surface area (Å²) in [5.41, 5.74) is 1.09. The number of guanidine groups is 1. The number of aliphatic imine (C=N–C) groups is 1. The molecule has 0 aliphatic heterocycles. The molecule has 0 aliphatic carbocycles. The van der Waals surface area contributed by atoms with Gasteiger partial charge in [-0.15, -0.1) is 0 Å². The van der Waals surface area contributed by atoms with Crippen molar-refractivity contribution in [3.63, 3.8) is 0 Å². The first kappa shape index (κ1) is 17.3. The average molecular weight is 291 g/mol. The van der Waals surface area contributed by atoms with Gasteiger partial charge in [0, 0.05) is 12.6 Å². The van der Waals surface area contributed by atoms with Crippen molar-refractivity contribution in [2.45, 2.75) is 59.0 Å². The minimum Gasteiger partial charge on any atom is -0.508 e. The lowest BCUT2D eigenvalue weighted by Gasteiger charge is -2.17. The highest BCUT2D eigenvalue weighted by Gasteiger charge is 2.04. The SMILES string of the molecule is CCCCCC(C)NC(=NCc1ccc(O)cc1)NCC. The fourth-order valence-electron chi connectivity index (χ4n) is 2.10. The van der Waals surface area contributed by atoms with E-state index in [1.54, 1.807) is 12.1 Å². The van der Waals surface area contributed by atoms with Crippen molar-refractivity contribution in [3.8, 4) is 5.75 Å². The van der Waals surface area contributed by atoms with Crippen LogP contribution in [0.15, 0.2) is 29.3 Å². The molecular weight excluding hydrogens is 262 g/mol. The molecule has 0 radical (unpaired) electrons. The number of aromatic hydroxyl groups is 1. The first-order chi connectivity index (χ1) is 10.2. The van der Waals surface area contributed by atoms with Crippen molar-refractivity contribution in [3.05, 3.63) is 29.8 Å². The first-order valence-corrected chi connectivity index (χ1v) is 7.98. The lowest BCUT2D eigenvalue weighted by atomic mass is 10.1. The van der Waals surface area contributed by atoms with Gasteiger partial charge in [0.2, 0.25) is 0 Å². The van der Waals surface area contributed by atoms with Gasteiger partial charge in [-0.25, -0.2) is 4.99 Å². The number of phenols is 1. The van der Waals surface area contributed by atoms with E-state index in [1.165, 1.54) is 19.3 Å². The minimum absolute atomic E-state index is 0.289. The van der Waals surface area contributed by atoms with Gasteiger partial charge in [-0.1, -0.05) is 38.3 Å². The molecular formula is C17H29N3O. The van der Waals surface area contributed by atoms with Crippen molar-refractivity contribution >= 4 is 5.96 Å². The van der Waals surface area contributed by atoms with E-state index >= 15 is 0 Å². The summed E-state index contributed by atoms with van der Waals surface area (Å²) in [6, 6.07) is 7.60. The molecule has 0 heterocycles. The van der Waals surface area contributed by atoms with Gasteiger partial charge in [0.15, 0.2) is 5.96 Å². The molecule has 4 heteroatoms. The van der Waals surface area contributed by atoms with E-state index < -0.39 is 0 Å². The zero-order chi connectivity index (χ0) is 15.5. The van der Waals surface area contributed by atoms with Gasteiger partial charge in [-0.3, -0.25) is 0 Å². The number of hydrogen-bond donors (Lipinski definition) is 3. The molecule has 1 unspecified atom stereocenters. The first-order valence-electron chi connectivity index (χ1n) is 7.98. The predicted octanol–water partition coefficient (Wildman–Crippen LogP) is 3.42. The zero-order valence-electron chi connectivity index (χ0n) is 13.5. The minimum atomic E-state index is 0.289. The molecule has 0 saturated heterocycles. The lowest BCUT2D eigenvalue weighted by Crippen LogP contribution is -2.42. The van der Waals surface area contributed by atoms with E-state index in [1.807, 2.05) is 12.1 Å². The third-order valence-corrected chi connectivity index (χ3v) is 3.32. The Labute approximate surface area is 128 Å². The van der Waals surface area contributed by atoms with Crippen molar-refractivity contribution in [2.75, 3.05) is 6.54 Å². The van der Waals surface area contributed by atoms with E-state index in [0.717, 1.165) is 24.5 Å². The molecule has 0 fully saturated rings. The molecule has 1 atom stereocenters. The summed E-state index contributed by atoms with van der Waals surface area (Å²) in [5, 5.41) is 16.0. The second kappa shape index (κ2) is 10.1. The van der Waals surface area contributed by atoms with E-state index in [4.69, 9.17) is 0 Å². The van der Waals surface area contributed by atoms with E-state index in [2.05, 4.69) is 36.4 Å². The summed E-state index contributed by atoms with van der Waals surface area (Å²) in [6.45, 7) is 7.95. The topological polar surface area (TPSA) is 56.7 Å². The summed E-state index contributed by atoms with van der Waals surface area (Å²) in [7, 11) is 0. The van der Waals surface area contributed by atoms with Crippen LogP contribution in [0, 0.1) is 0 Å². The number of benzene rings is 1. The van der Waals surface area contributed by atoms with E-state index in [-0.39, 0.29) is 5.75 Å². The third-order valence-electron chi connectivity index (χ3n) is 3.32. The summed E-state index contributed by atoms with van der Waals surface area (Å²) in [6.07, 6.45) is 4.95. The van der Waals surface area contributed by atoms with Gasteiger partial charge in [0.1, 0.15) is 5.75 Å². The maximum atomic E-state index is 9.28. The maximum absolute atomic E-state index is 9.28. The molecule has 0 amide bonds. The lowest BCUT2D eigenvalue weighted by molar-refractivity contribution is 0.475. The molecule has 1 rings (SSSR count). The van der Waals surface area contributed by atoms with Crippen LogP contribution in [-0.4, -0.2) is 23.7 Å². The fourth-order valence-corrected chi connectivity index (χ4v) is 2.10. The molecule has 0 saturated carbocycles. The Morgan fingerprint density at radius 1 is 1.19 bits per heavy atom. The Morgan fingerprint density at radius 3 is 2.52 bits per heavy atom. The molecule has 3 N–H and O–H groups in total. The molecule has 0 bridgehead atoms.